The van der Waals surface area contributed by atoms with Crippen LogP contribution in [0.1, 0.15) is 33.4 Å². The predicted octanol–water partition coefficient (Wildman–Crippen LogP) is 6.51. The largest absolute Gasteiger partial charge is 0.405 e. The molecule has 0 saturated heterocycles. The fraction of sp³-hybridized carbons (Fsp3) is 0.156. The third-order valence-electron chi connectivity index (χ3n) is 6.04. The second-order valence-corrected chi connectivity index (χ2v) is 8.76. The van der Waals surface area contributed by atoms with Gasteiger partial charge in [-0.3, -0.25) is 0 Å². The first-order valence-corrected chi connectivity index (χ1v) is 12.1. The smallest absolute Gasteiger partial charge is 0.131 e. The van der Waals surface area contributed by atoms with Crippen LogP contribution in [-0.4, -0.2) is 5.84 Å². The number of nitrogens with zero attached hydrogens (tertiary/aromatic N) is 1. The molecule has 0 aliphatic carbocycles. The molecule has 0 aromatic heterocycles. The highest BCUT2D eigenvalue weighted by atomic mass is 19.1. The van der Waals surface area contributed by atoms with Crippen LogP contribution in [-0.2, 0) is 25.7 Å². The Morgan fingerprint density at radius 3 is 2.06 bits per heavy atom. The number of amidine groups is 1. The van der Waals surface area contributed by atoms with Gasteiger partial charge < -0.3 is 11.5 Å². The van der Waals surface area contributed by atoms with Crippen molar-refractivity contribution >= 4 is 5.84 Å². The Hall–Kier alpha value is -4.18. The van der Waals surface area contributed by atoms with Gasteiger partial charge in [-0.15, -0.1) is 0 Å². The molecule has 0 aliphatic heterocycles. The van der Waals surface area contributed by atoms with Crippen LogP contribution in [0, 0.1) is 12.7 Å². The highest BCUT2D eigenvalue weighted by Gasteiger charge is 2.05. The number of rotatable bonds is 11. The molecule has 0 unspecified atom stereocenters. The first-order chi connectivity index (χ1) is 17.4. The Kier molecular flexibility index (Phi) is 9.58. The fourth-order valence-corrected chi connectivity index (χ4v) is 3.91. The molecule has 4 N–H and O–H groups in total. The van der Waals surface area contributed by atoms with Crippen LogP contribution in [0.15, 0.2) is 121 Å². The minimum atomic E-state index is -0.136. The molecule has 3 nitrogen and oxygen atoms in total. The first-order valence-electron chi connectivity index (χ1n) is 12.1. The first kappa shape index (κ1) is 26.4. The molecule has 0 radical (unpaired) electrons. The van der Waals surface area contributed by atoms with E-state index in [1.54, 1.807) is 31.2 Å². The Morgan fingerprint density at radius 2 is 1.47 bits per heavy atom. The van der Waals surface area contributed by atoms with Crippen molar-refractivity contribution in [3.63, 3.8) is 0 Å². The predicted molar refractivity (Wildman–Crippen MR) is 150 cm³/mol. The van der Waals surface area contributed by atoms with E-state index in [0.29, 0.717) is 17.1 Å². The molecule has 0 atom stereocenters. The molecule has 0 saturated carbocycles. The zero-order valence-corrected chi connectivity index (χ0v) is 20.9. The SMILES string of the molecule is C=C/C=C(\C=C/N)C(=C)N=C(N)c1ccc(CCc2cccc(CCc3ccc(C)c(F)c3)c2)cc1. The van der Waals surface area contributed by atoms with Crippen molar-refractivity contribution in [2.24, 2.45) is 16.5 Å². The molecule has 184 valence electrons. The van der Waals surface area contributed by atoms with E-state index in [1.165, 1.54) is 22.9 Å². The van der Waals surface area contributed by atoms with Crippen molar-refractivity contribution in [2.75, 3.05) is 0 Å². The summed E-state index contributed by atoms with van der Waals surface area (Å²) in [5.41, 5.74) is 19.3. The molecule has 0 heterocycles. The number of allylic oxidation sites excluding steroid dienone is 3. The van der Waals surface area contributed by atoms with Crippen molar-refractivity contribution < 1.29 is 4.39 Å². The lowest BCUT2D eigenvalue weighted by Gasteiger charge is -2.08. The third kappa shape index (κ3) is 7.67. The average Bonchev–Trinajstić information content (AvgIpc) is 2.88. The van der Waals surface area contributed by atoms with Gasteiger partial charge in [0.1, 0.15) is 11.7 Å². The standard InChI is InChI=1S/C32H34FN3/c1-4-6-29(19-20-34)24(3)36-32(35)30-17-15-25(16-18-30)11-12-26-7-5-8-27(21-26)13-14-28-10-9-23(2)31(33)22-28/h4-10,15-22H,1,3,11-14,34H2,2H3,(H2,35,36)/b20-19-,29-6+. The zero-order chi connectivity index (χ0) is 25.9. The molecule has 3 rings (SSSR count). The van der Waals surface area contributed by atoms with E-state index in [4.69, 9.17) is 11.5 Å². The summed E-state index contributed by atoms with van der Waals surface area (Å²) >= 11 is 0. The van der Waals surface area contributed by atoms with Crippen LogP contribution < -0.4 is 11.5 Å². The number of hydrogen-bond donors (Lipinski definition) is 2. The van der Waals surface area contributed by atoms with Gasteiger partial charge in [0.05, 0.1) is 5.70 Å². The van der Waals surface area contributed by atoms with Gasteiger partial charge in [0.15, 0.2) is 0 Å². The summed E-state index contributed by atoms with van der Waals surface area (Å²) in [5, 5.41) is 0. The van der Waals surface area contributed by atoms with Crippen LogP contribution in [0.4, 0.5) is 4.39 Å². The van der Waals surface area contributed by atoms with Crippen molar-refractivity contribution in [1.29, 1.82) is 0 Å². The topological polar surface area (TPSA) is 64.4 Å². The van der Waals surface area contributed by atoms with Crippen LogP contribution in [0.2, 0.25) is 0 Å². The molecule has 0 spiro atoms. The Balaban J connectivity index is 1.58. The van der Waals surface area contributed by atoms with E-state index in [1.807, 2.05) is 24.3 Å². The molecule has 4 heteroatoms. The Labute approximate surface area is 214 Å². The maximum absolute atomic E-state index is 13.8. The summed E-state index contributed by atoms with van der Waals surface area (Å²) < 4.78 is 13.8. The quantitative estimate of drug-likeness (QED) is 0.187. The number of aryl methyl sites for hydroxylation is 5. The van der Waals surface area contributed by atoms with Crippen molar-refractivity contribution in [2.45, 2.75) is 32.6 Å². The van der Waals surface area contributed by atoms with E-state index in [2.05, 4.69) is 54.5 Å². The maximum Gasteiger partial charge on any atom is 0.131 e. The lowest BCUT2D eigenvalue weighted by atomic mass is 9.98. The van der Waals surface area contributed by atoms with Crippen LogP contribution >= 0.6 is 0 Å². The molecular weight excluding hydrogens is 445 g/mol. The number of hydrogen-bond acceptors (Lipinski definition) is 2. The summed E-state index contributed by atoms with van der Waals surface area (Å²) in [4.78, 5) is 4.42. The van der Waals surface area contributed by atoms with E-state index in [-0.39, 0.29) is 5.82 Å². The molecule has 0 aliphatic rings. The Bertz CT molecular complexity index is 1300. The third-order valence-corrected chi connectivity index (χ3v) is 6.04. The monoisotopic (exact) mass is 479 g/mol. The van der Waals surface area contributed by atoms with Gasteiger partial charge in [-0.25, -0.2) is 9.38 Å². The van der Waals surface area contributed by atoms with Gasteiger partial charge >= 0.3 is 0 Å². The molecule has 0 amide bonds. The second-order valence-electron chi connectivity index (χ2n) is 8.76. The minimum absolute atomic E-state index is 0.136. The van der Waals surface area contributed by atoms with Gasteiger partial charge in [-0.05, 0) is 78.8 Å². The summed E-state index contributed by atoms with van der Waals surface area (Å²) in [5.74, 6) is 0.261. The van der Waals surface area contributed by atoms with Crippen molar-refractivity contribution in [1.82, 2.24) is 0 Å². The van der Waals surface area contributed by atoms with Gasteiger partial charge in [0, 0.05) is 11.1 Å². The molecule has 0 bridgehead atoms. The molecular formula is C32H34FN3. The summed E-state index contributed by atoms with van der Waals surface area (Å²) in [6, 6.07) is 22.3. The Morgan fingerprint density at radius 1 is 0.889 bits per heavy atom. The lowest BCUT2D eigenvalue weighted by molar-refractivity contribution is 0.616. The highest BCUT2D eigenvalue weighted by molar-refractivity contribution is 5.98. The number of aliphatic imine (C=N–C) groups is 1. The number of halogens is 1. The van der Waals surface area contributed by atoms with E-state index < -0.39 is 0 Å². The summed E-state index contributed by atoms with van der Waals surface area (Å²) in [7, 11) is 0. The number of benzene rings is 3. The van der Waals surface area contributed by atoms with Gasteiger partial charge in [-0.2, -0.15) is 0 Å². The molecule has 3 aromatic rings. The summed E-state index contributed by atoms with van der Waals surface area (Å²) in [6.45, 7) is 9.46. The van der Waals surface area contributed by atoms with Crippen LogP contribution in [0.5, 0.6) is 0 Å². The molecule has 36 heavy (non-hydrogen) atoms. The van der Waals surface area contributed by atoms with Crippen molar-refractivity contribution in [3.8, 4) is 0 Å². The zero-order valence-electron chi connectivity index (χ0n) is 20.9. The number of nitrogens with two attached hydrogens (primary N) is 2. The van der Waals surface area contributed by atoms with E-state index in [9.17, 15) is 4.39 Å². The minimum Gasteiger partial charge on any atom is -0.405 e. The normalized spacial score (nSPS) is 12.2. The van der Waals surface area contributed by atoms with Gasteiger partial charge in [0.2, 0.25) is 0 Å². The van der Waals surface area contributed by atoms with Gasteiger partial charge in [0.25, 0.3) is 0 Å². The van der Waals surface area contributed by atoms with Crippen molar-refractivity contribution in [3.05, 3.63) is 155 Å². The molecule has 0 fully saturated rings. The highest BCUT2D eigenvalue weighted by Crippen LogP contribution is 2.16. The summed E-state index contributed by atoms with van der Waals surface area (Å²) in [6.07, 6.45) is 10.1. The lowest BCUT2D eigenvalue weighted by Crippen LogP contribution is -2.13. The van der Waals surface area contributed by atoms with Gasteiger partial charge in [-0.1, -0.05) is 86.0 Å². The van der Waals surface area contributed by atoms with Crippen LogP contribution in [0.25, 0.3) is 0 Å². The maximum atomic E-state index is 13.8. The second kappa shape index (κ2) is 13.1. The van der Waals surface area contributed by atoms with E-state index >= 15 is 0 Å². The fourth-order valence-electron chi connectivity index (χ4n) is 3.91. The molecule has 3 aromatic carbocycles. The average molecular weight is 480 g/mol. The van der Waals surface area contributed by atoms with E-state index in [0.717, 1.165) is 42.4 Å². The van der Waals surface area contributed by atoms with Crippen LogP contribution in [0.3, 0.4) is 0 Å².